The first-order valence-corrected chi connectivity index (χ1v) is 6.98. The Morgan fingerprint density at radius 2 is 2.06 bits per heavy atom. The molecular formula is C16H22N2. The molecule has 1 aromatic carbocycles. The highest BCUT2D eigenvalue weighted by Crippen LogP contribution is 2.34. The summed E-state index contributed by atoms with van der Waals surface area (Å²) in [5.41, 5.74) is 5.71. The molecule has 1 fully saturated rings. The predicted molar refractivity (Wildman–Crippen MR) is 77.0 cm³/mol. The van der Waals surface area contributed by atoms with Crippen LogP contribution in [-0.4, -0.2) is 11.1 Å². The van der Waals surface area contributed by atoms with Gasteiger partial charge in [0.15, 0.2) is 0 Å². The Kier molecular flexibility index (Phi) is 2.90. The lowest BCUT2D eigenvalue weighted by atomic mass is 9.95. The highest BCUT2D eigenvalue weighted by Gasteiger charge is 2.22. The Labute approximate surface area is 109 Å². The van der Waals surface area contributed by atoms with Crippen LogP contribution in [0.3, 0.4) is 0 Å². The van der Waals surface area contributed by atoms with Crippen LogP contribution < -0.4 is 5.32 Å². The normalized spacial score (nSPS) is 20.5. The first kappa shape index (κ1) is 11.8. The van der Waals surface area contributed by atoms with Crippen molar-refractivity contribution in [3.8, 4) is 0 Å². The van der Waals surface area contributed by atoms with E-state index in [-0.39, 0.29) is 0 Å². The topological polar surface area (TPSA) is 17.0 Å². The van der Waals surface area contributed by atoms with E-state index in [9.17, 15) is 0 Å². The maximum Gasteiger partial charge on any atom is 0.0512 e. The fourth-order valence-electron chi connectivity index (χ4n) is 3.40. The summed E-state index contributed by atoms with van der Waals surface area (Å²) in [7, 11) is 2.19. The largest absolute Gasteiger partial charge is 0.347 e. The third-order valence-corrected chi connectivity index (χ3v) is 4.42. The lowest BCUT2D eigenvalue weighted by molar-refractivity contribution is 0.412. The van der Waals surface area contributed by atoms with Crippen molar-refractivity contribution >= 4 is 10.9 Å². The minimum absolute atomic E-state index is 0.546. The van der Waals surface area contributed by atoms with E-state index < -0.39 is 0 Å². The van der Waals surface area contributed by atoms with Crippen molar-refractivity contribution in [2.45, 2.75) is 39.2 Å². The van der Waals surface area contributed by atoms with Crippen molar-refractivity contribution in [2.75, 3.05) is 6.54 Å². The molecule has 0 spiro atoms. The zero-order valence-electron chi connectivity index (χ0n) is 11.6. The molecule has 3 rings (SSSR count). The number of benzene rings is 1. The van der Waals surface area contributed by atoms with Crippen molar-refractivity contribution < 1.29 is 0 Å². The van der Waals surface area contributed by atoms with E-state index in [0.717, 1.165) is 6.54 Å². The molecule has 1 aliphatic heterocycles. The van der Waals surface area contributed by atoms with Gasteiger partial charge in [-0.15, -0.1) is 0 Å². The maximum absolute atomic E-state index is 3.69. The smallest absolute Gasteiger partial charge is 0.0512 e. The molecule has 1 saturated heterocycles. The SMILES string of the molecule is Cc1cccc2c(C3CCCCN3)c(C)n(C)c12. The summed E-state index contributed by atoms with van der Waals surface area (Å²) in [6.07, 6.45) is 3.94. The van der Waals surface area contributed by atoms with Crippen molar-refractivity contribution in [2.24, 2.45) is 7.05 Å². The summed E-state index contributed by atoms with van der Waals surface area (Å²) in [6.45, 7) is 5.62. The van der Waals surface area contributed by atoms with Crippen molar-refractivity contribution in [3.05, 3.63) is 35.0 Å². The van der Waals surface area contributed by atoms with Gasteiger partial charge in [0.25, 0.3) is 0 Å². The standard InChI is InChI=1S/C16H22N2/c1-11-7-6-8-13-15(12(2)18(3)16(11)13)14-9-4-5-10-17-14/h6-8,14,17H,4-5,9-10H2,1-3H3. The number of para-hydroxylation sites is 1. The number of hydrogen-bond acceptors (Lipinski definition) is 1. The number of nitrogens with one attached hydrogen (secondary N) is 1. The number of rotatable bonds is 1. The van der Waals surface area contributed by atoms with E-state index in [1.807, 2.05) is 0 Å². The van der Waals surface area contributed by atoms with Crippen LogP contribution in [0.25, 0.3) is 10.9 Å². The number of nitrogens with zero attached hydrogens (tertiary/aromatic N) is 1. The molecule has 2 nitrogen and oxygen atoms in total. The summed E-state index contributed by atoms with van der Waals surface area (Å²) in [5.74, 6) is 0. The highest BCUT2D eigenvalue weighted by atomic mass is 15.0. The lowest BCUT2D eigenvalue weighted by Crippen LogP contribution is -2.27. The second-order valence-electron chi connectivity index (χ2n) is 5.53. The number of aryl methyl sites for hydroxylation is 2. The van der Waals surface area contributed by atoms with E-state index >= 15 is 0 Å². The minimum atomic E-state index is 0.546. The fourth-order valence-corrected chi connectivity index (χ4v) is 3.40. The second kappa shape index (κ2) is 4.43. The first-order valence-electron chi connectivity index (χ1n) is 6.98. The van der Waals surface area contributed by atoms with Crippen molar-refractivity contribution in [1.29, 1.82) is 0 Å². The predicted octanol–water partition coefficient (Wildman–Crippen LogP) is 3.61. The second-order valence-corrected chi connectivity index (χ2v) is 5.53. The van der Waals surface area contributed by atoms with Gasteiger partial charge in [0.1, 0.15) is 0 Å². The number of hydrogen-bond donors (Lipinski definition) is 1. The Balaban J connectivity index is 2.22. The summed E-state index contributed by atoms with van der Waals surface area (Å²) < 4.78 is 2.36. The van der Waals surface area contributed by atoms with Crippen LogP contribution in [0.5, 0.6) is 0 Å². The number of aromatic nitrogens is 1. The average molecular weight is 242 g/mol. The van der Waals surface area contributed by atoms with Gasteiger partial charge in [-0.25, -0.2) is 0 Å². The molecule has 2 heterocycles. The van der Waals surface area contributed by atoms with Gasteiger partial charge in [0.2, 0.25) is 0 Å². The van der Waals surface area contributed by atoms with E-state index in [2.05, 4.69) is 49.0 Å². The van der Waals surface area contributed by atoms with Gasteiger partial charge < -0.3 is 9.88 Å². The lowest BCUT2D eigenvalue weighted by Gasteiger charge is -2.24. The molecule has 1 N–H and O–H groups in total. The molecule has 1 aliphatic rings. The molecule has 1 aromatic heterocycles. The zero-order valence-corrected chi connectivity index (χ0v) is 11.6. The van der Waals surface area contributed by atoms with Gasteiger partial charge >= 0.3 is 0 Å². The molecule has 1 atom stereocenters. The maximum atomic E-state index is 3.69. The molecule has 96 valence electrons. The van der Waals surface area contributed by atoms with Crippen LogP contribution in [0.4, 0.5) is 0 Å². The third-order valence-electron chi connectivity index (χ3n) is 4.42. The molecule has 18 heavy (non-hydrogen) atoms. The number of fused-ring (bicyclic) bond motifs is 1. The molecule has 0 bridgehead atoms. The van der Waals surface area contributed by atoms with E-state index in [0.29, 0.717) is 6.04 Å². The Morgan fingerprint density at radius 1 is 1.22 bits per heavy atom. The quantitative estimate of drug-likeness (QED) is 0.808. The van der Waals surface area contributed by atoms with E-state index in [4.69, 9.17) is 0 Å². The van der Waals surface area contributed by atoms with Crippen LogP contribution in [0, 0.1) is 13.8 Å². The van der Waals surface area contributed by atoms with Gasteiger partial charge in [0, 0.05) is 24.2 Å². The zero-order chi connectivity index (χ0) is 12.7. The van der Waals surface area contributed by atoms with Gasteiger partial charge in [-0.3, -0.25) is 0 Å². The summed E-state index contributed by atoms with van der Waals surface area (Å²) in [4.78, 5) is 0. The van der Waals surface area contributed by atoms with Crippen LogP contribution in [0.2, 0.25) is 0 Å². The van der Waals surface area contributed by atoms with Crippen LogP contribution in [-0.2, 0) is 7.05 Å². The highest BCUT2D eigenvalue weighted by molar-refractivity contribution is 5.88. The van der Waals surface area contributed by atoms with Crippen LogP contribution in [0.1, 0.15) is 42.1 Å². The van der Waals surface area contributed by atoms with Crippen molar-refractivity contribution in [3.63, 3.8) is 0 Å². The monoisotopic (exact) mass is 242 g/mol. The van der Waals surface area contributed by atoms with E-state index in [1.165, 1.54) is 47.0 Å². The van der Waals surface area contributed by atoms with Gasteiger partial charge in [0.05, 0.1) is 5.52 Å². The third kappa shape index (κ3) is 1.67. The molecule has 2 aromatic rings. The molecule has 0 amide bonds. The summed E-state index contributed by atoms with van der Waals surface area (Å²) in [6, 6.07) is 7.22. The van der Waals surface area contributed by atoms with Gasteiger partial charge in [-0.1, -0.05) is 24.6 Å². The average Bonchev–Trinajstić information content (AvgIpc) is 2.64. The Morgan fingerprint density at radius 3 is 2.78 bits per heavy atom. The van der Waals surface area contributed by atoms with Crippen molar-refractivity contribution in [1.82, 2.24) is 9.88 Å². The summed E-state index contributed by atoms with van der Waals surface area (Å²) >= 11 is 0. The minimum Gasteiger partial charge on any atom is -0.347 e. The molecule has 0 radical (unpaired) electrons. The Bertz CT molecular complexity index is 574. The van der Waals surface area contributed by atoms with Gasteiger partial charge in [-0.05, 0) is 44.4 Å². The van der Waals surface area contributed by atoms with Crippen LogP contribution in [0.15, 0.2) is 18.2 Å². The van der Waals surface area contributed by atoms with Crippen LogP contribution >= 0.6 is 0 Å². The van der Waals surface area contributed by atoms with Gasteiger partial charge in [-0.2, -0.15) is 0 Å². The Hall–Kier alpha value is -1.28. The fraction of sp³-hybridized carbons (Fsp3) is 0.500. The molecular weight excluding hydrogens is 220 g/mol. The number of piperidine rings is 1. The van der Waals surface area contributed by atoms with E-state index in [1.54, 1.807) is 0 Å². The molecule has 2 heteroatoms. The molecule has 0 aliphatic carbocycles. The first-order chi connectivity index (χ1) is 8.70. The molecule has 1 unspecified atom stereocenters. The molecule has 0 saturated carbocycles. The summed E-state index contributed by atoms with van der Waals surface area (Å²) in [5, 5.41) is 5.13.